The molecule has 6 heteroatoms. The number of halogens is 3. The summed E-state index contributed by atoms with van der Waals surface area (Å²) >= 11 is 0. The second kappa shape index (κ2) is 7.34. The fraction of sp³-hybridized carbons (Fsp3) is 0.333. The third-order valence-electron chi connectivity index (χ3n) is 3.68. The maximum Gasteiger partial charge on any atom is 0.416 e. The topological polar surface area (TPSA) is 27.7 Å². The first kappa shape index (κ1) is 17.0. The molecule has 0 aromatic heterocycles. The van der Waals surface area contributed by atoms with E-state index in [0.717, 1.165) is 17.7 Å². The minimum Gasteiger partial charge on any atom is -0.369 e. The first-order chi connectivity index (χ1) is 11.5. The van der Waals surface area contributed by atoms with Crippen LogP contribution in [0, 0.1) is 0 Å². The number of hydrogen-bond donors (Lipinski definition) is 0. The molecule has 0 N–H and O–H groups in total. The third kappa shape index (κ3) is 4.35. The molecule has 0 spiro atoms. The van der Waals surface area contributed by atoms with Crippen LogP contribution in [0.2, 0.25) is 0 Å². The summed E-state index contributed by atoms with van der Waals surface area (Å²) in [4.78, 5) is 0. The third-order valence-corrected chi connectivity index (χ3v) is 3.68. The van der Waals surface area contributed by atoms with Gasteiger partial charge in [0, 0.05) is 5.56 Å². The highest BCUT2D eigenvalue weighted by Gasteiger charge is 2.30. The van der Waals surface area contributed by atoms with E-state index < -0.39 is 18.0 Å². The van der Waals surface area contributed by atoms with Gasteiger partial charge in [-0.2, -0.15) is 13.2 Å². The Hall–Kier alpha value is -1.89. The summed E-state index contributed by atoms with van der Waals surface area (Å²) in [5.41, 5.74) is 0.715. The Morgan fingerprint density at radius 1 is 0.958 bits per heavy atom. The van der Waals surface area contributed by atoms with Crippen molar-refractivity contribution >= 4 is 0 Å². The van der Waals surface area contributed by atoms with E-state index >= 15 is 0 Å². The van der Waals surface area contributed by atoms with Crippen LogP contribution in [0.3, 0.4) is 0 Å². The lowest BCUT2D eigenvalue weighted by atomic mass is 10.1. The predicted octanol–water partition coefficient (Wildman–Crippen LogP) is 4.34. The van der Waals surface area contributed by atoms with Gasteiger partial charge < -0.3 is 14.2 Å². The van der Waals surface area contributed by atoms with Crippen LogP contribution >= 0.6 is 0 Å². The summed E-state index contributed by atoms with van der Waals surface area (Å²) in [6, 6.07) is 14.7. The van der Waals surface area contributed by atoms with E-state index in [4.69, 9.17) is 14.2 Å². The first-order valence-corrected chi connectivity index (χ1v) is 7.58. The molecule has 0 radical (unpaired) electrons. The normalized spacial score (nSPS) is 21.6. The standard InChI is InChI=1S/C18H17F3O3/c19-18(20,21)15-8-4-5-13(9-15)10-22-16-11-23-17(24-12-16)14-6-2-1-3-7-14/h1-9,16-17H,10-12H2/t16-,17+. The minimum atomic E-state index is -4.35. The van der Waals surface area contributed by atoms with Gasteiger partial charge in [0.2, 0.25) is 0 Å². The zero-order valence-corrected chi connectivity index (χ0v) is 12.8. The van der Waals surface area contributed by atoms with Crippen molar-refractivity contribution in [3.8, 4) is 0 Å². The number of rotatable bonds is 4. The zero-order valence-electron chi connectivity index (χ0n) is 12.8. The van der Waals surface area contributed by atoms with Crippen molar-refractivity contribution in [3.05, 3.63) is 71.3 Å². The Kier molecular flexibility index (Phi) is 5.18. The highest BCUT2D eigenvalue weighted by molar-refractivity contribution is 5.25. The first-order valence-electron chi connectivity index (χ1n) is 7.58. The molecule has 1 saturated heterocycles. The van der Waals surface area contributed by atoms with Crippen molar-refractivity contribution in [2.24, 2.45) is 0 Å². The van der Waals surface area contributed by atoms with E-state index in [1.807, 2.05) is 30.3 Å². The van der Waals surface area contributed by atoms with Gasteiger partial charge in [0.15, 0.2) is 6.29 Å². The van der Waals surface area contributed by atoms with Crippen LogP contribution in [0.5, 0.6) is 0 Å². The van der Waals surface area contributed by atoms with Gasteiger partial charge in [-0.15, -0.1) is 0 Å². The van der Waals surface area contributed by atoms with Gasteiger partial charge in [-0.3, -0.25) is 0 Å². The quantitative estimate of drug-likeness (QED) is 0.830. The molecule has 0 atom stereocenters. The SMILES string of the molecule is FC(F)(F)c1cccc(CO[C@H]2CO[C@@H](c3ccccc3)OC2)c1. The van der Waals surface area contributed by atoms with Crippen LogP contribution in [0.15, 0.2) is 54.6 Å². The summed E-state index contributed by atoms with van der Waals surface area (Å²) in [5, 5.41) is 0. The van der Waals surface area contributed by atoms with E-state index in [0.29, 0.717) is 18.8 Å². The average molecular weight is 338 g/mol. The van der Waals surface area contributed by atoms with Gasteiger partial charge in [0.05, 0.1) is 25.4 Å². The Bertz CT molecular complexity index is 650. The monoisotopic (exact) mass is 338 g/mol. The summed E-state index contributed by atoms with van der Waals surface area (Å²) < 4.78 is 54.9. The Labute approximate surface area is 138 Å². The van der Waals surface area contributed by atoms with Gasteiger partial charge >= 0.3 is 6.18 Å². The number of alkyl halides is 3. The summed E-state index contributed by atoms with van der Waals surface area (Å²) in [6.07, 6.45) is -5.09. The van der Waals surface area contributed by atoms with Crippen molar-refractivity contribution in [3.63, 3.8) is 0 Å². The molecule has 0 aliphatic carbocycles. The highest BCUT2D eigenvalue weighted by Crippen LogP contribution is 2.30. The molecule has 1 heterocycles. The Morgan fingerprint density at radius 2 is 1.67 bits per heavy atom. The molecule has 2 aromatic carbocycles. The highest BCUT2D eigenvalue weighted by atomic mass is 19.4. The second-order valence-corrected chi connectivity index (χ2v) is 5.54. The molecule has 0 saturated carbocycles. The van der Waals surface area contributed by atoms with E-state index in [1.54, 1.807) is 6.07 Å². The van der Waals surface area contributed by atoms with Crippen molar-refractivity contribution < 1.29 is 27.4 Å². The van der Waals surface area contributed by atoms with Crippen LogP contribution in [0.4, 0.5) is 13.2 Å². The van der Waals surface area contributed by atoms with Crippen molar-refractivity contribution in [1.82, 2.24) is 0 Å². The minimum absolute atomic E-state index is 0.0807. The molecule has 0 unspecified atom stereocenters. The number of hydrogen-bond acceptors (Lipinski definition) is 3. The predicted molar refractivity (Wildman–Crippen MR) is 81.1 cm³/mol. The van der Waals surface area contributed by atoms with Crippen molar-refractivity contribution in [2.75, 3.05) is 13.2 Å². The van der Waals surface area contributed by atoms with E-state index in [9.17, 15) is 13.2 Å². The second-order valence-electron chi connectivity index (χ2n) is 5.54. The van der Waals surface area contributed by atoms with Crippen LogP contribution < -0.4 is 0 Å². The summed E-state index contributed by atoms with van der Waals surface area (Å²) in [6.45, 7) is 0.744. The lowest BCUT2D eigenvalue weighted by Crippen LogP contribution is -2.33. The fourth-order valence-corrected chi connectivity index (χ4v) is 2.44. The number of ether oxygens (including phenoxy) is 3. The van der Waals surface area contributed by atoms with Gasteiger partial charge in [-0.1, -0.05) is 42.5 Å². The molecule has 2 aromatic rings. The molecule has 0 bridgehead atoms. The fourth-order valence-electron chi connectivity index (χ4n) is 2.44. The van der Waals surface area contributed by atoms with Gasteiger partial charge in [0.25, 0.3) is 0 Å². The largest absolute Gasteiger partial charge is 0.416 e. The van der Waals surface area contributed by atoms with Crippen molar-refractivity contribution in [1.29, 1.82) is 0 Å². The van der Waals surface area contributed by atoms with Crippen molar-refractivity contribution in [2.45, 2.75) is 25.2 Å². The average Bonchev–Trinajstić information content (AvgIpc) is 2.61. The molecular formula is C18H17F3O3. The molecule has 3 rings (SSSR count). The van der Waals surface area contributed by atoms with Crippen LogP contribution in [-0.2, 0) is 27.0 Å². The summed E-state index contributed by atoms with van der Waals surface area (Å²) in [5.74, 6) is 0. The van der Waals surface area contributed by atoms with Gasteiger partial charge in [0.1, 0.15) is 6.10 Å². The Balaban J connectivity index is 1.50. The maximum atomic E-state index is 12.7. The van der Waals surface area contributed by atoms with Gasteiger partial charge in [-0.05, 0) is 17.7 Å². The van der Waals surface area contributed by atoms with E-state index in [-0.39, 0.29) is 12.7 Å². The van der Waals surface area contributed by atoms with Gasteiger partial charge in [-0.25, -0.2) is 0 Å². The molecule has 3 nitrogen and oxygen atoms in total. The Morgan fingerprint density at radius 3 is 2.33 bits per heavy atom. The molecule has 128 valence electrons. The molecule has 0 amide bonds. The molecule has 1 aliphatic rings. The zero-order chi connectivity index (χ0) is 17.0. The number of benzene rings is 2. The lowest BCUT2D eigenvalue weighted by Gasteiger charge is -2.29. The molecular weight excluding hydrogens is 321 g/mol. The summed E-state index contributed by atoms with van der Waals surface area (Å²) in [7, 11) is 0. The lowest BCUT2D eigenvalue weighted by molar-refractivity contribution is -0.232. The van der Waals surface area contributed by atoms with Crippen LogP contribution in [0.25, 0.3) is 0 Å². The molecule has 1 aliphatic heterocycles. The maximum absolute atomic E-state index is 12.7. The smallest absolute Gasteiger partial charge is 0.369 e. The van der Waals surface area contributed by atoms with Crippen LogP contribution in [-0.4, -0.2) is 19.3 Å². The van der Waals surface area contributed by atoms with E-state index in [2.05, 4.69) is 0 Å². The van der Waals surface area contributed by atoms with E-state index in [1.165, 1.54) is 6.07 Å². The van der Waals surface area contributed by atoms with Crippen LogP contribution in [0.1, 0.15) is 23.0 Å². The molecule has 24 heavy (non-hydrogen) atoms. The molecule has 1 fully saturated rings.